The Morgan fingerprint density at radius 3 is 1.73 bits per heavy atom. The Morgan fingerprint density at radius 1 is 0.727 bits per heavy atom. The summed E-state index contributed by atoms with van der Waals surface area (Å²) in [6, 6.07) is 7.78. The molecule has 1 rings (SSSR count). The zero-order chi connectivity index (χ0) is 23.8. The Hall–Kier alpha value is -1.84. The first-order valence-electron chi connectivity index (χ1n) is 13.8. The highest BCUT2D eigenvalue weighted by Gasteiger charge is 2.00. The average molecular weight is 459 g/mol. The molecule has 0 heterocycles. The minimum atomic E-state index is 0.000429. The van der Waals surface area contributed by atoms with Crippen molar-refractivity contribution in [2.45, 2.75) is 129 Å². The molecular weight excluding hydrogens is 408 g/mol. The highest BCUT2D eigenvalue weighted by atomic mass is 16.5. The molecule has 188 valence electrons. The lowest BCUT2D eigenvalue weighted by atomic mass is 10.0. The van der Waals surface area contributed by atoms with Crippen molar-refractivity contribution in [2.24, 2.45) is 5.10 Å². The SMILES string of the molecule is CCCCCCCCCCCCCCCCCC(=O)N/N=C\c1ccc(OCCCC)cc1. The van der Waals surface area contributed by atoms with E-state index in [2.05, 4.69) is 24.4 Å². The van der Waals surface area contributed by atoms with Crippen LogP contribution in [0.5, 0.6) is 5.75 Å². The Balaban J connectivity index is 1.91. The molecule has 0 saturated heterocycles. The number of rotatable bonds is 22. The van der Waals surface area contributed by atoms with Gasteiger partial charge in [0.05, 0.1) is 12.8 Å². The topological polar surface area (TPSA) is 50.7 Å². The second-order valence-corrected chi connectivity index (χ2v) is 9.26. The van der Waals surface area contributed by atoms with Crippen molar-refractivity contribution in [2.75, 3.05) is 6.61 Å². The Morgan fingerprint density at radius 2 is 1.21 bits per heavy atom. The van der Waals surface area contributed by atoms with Crippen LogP contribution in [-0.4, -0.2) is 18.7 Å². The van der Waals surface area contributed by atoms with Gasteiger partial charge in [0.25, 0.3) is 0 Å². The number of hydrazone groups is 1. The third kappa shape index (κ3) is 18.3. The van der Waals surface area contributed by atoms with E-state index >= 15 is 0 Å². The number of amides is 1. The zero-order valence-corrected chi connectivity index (χ0v) is 21.6. The summed E-state index contributed by atoms with van der Waals surface area (Å²) in [5.74, 6) is 0.873. The first-order valence-corrected chi connectivity index (χ1v) is 13.8. The summed E-state index contributed by atoms with van der Waals surface area (Å²) in [5.41, 5.74) is 3.59. The van der Waals surface area contributed by atoms with E-state index in [9.17, 15) is 4.79 Å². The molecule has 1 N–H and O–H groups in total. The number of ether oxygens (including phenoxy) is 1. The molecule has 1 amide bonds. The molecule has 0 aromatic heterocycles. The standard InChI is InChI=1S/C29H50N2O2/c1-3-5-7-8-9-10-11-12-13-14-15-16-17-18-19-20-29(32)31-30-26-27-21-23-28(24-22-27)33-25-6-4-2/h21-24,26H,3-20,25H2,1-2H3,(H,31,32)/b30-26-. The van der Waals surface area contributed by atoms with E-state index in [1.54, 1.807) is 6.21 Å². The molecule has 1 aromatic rings. The van der Waals surface area contributed by atoms with Gasteiger partial charge in [0.2, 0.25) is 5.91 Å². The monoisotopic (exact) mass is 458 g/mol. The molecule has 0 aliphatic carbocycles. The molecule has 4 heteroatoms. The molecule has 0 radical (unpaired) electrons. The van der Waals surface area contributed by atoms with Gasteiger partial charge in [-0.2, -0.15) is 5.10 Å². The molecule has 0 saturated carbocycles. The van der Waals surface area contributed by atoms with E-state index in [1.807, 2.05) is 24.3 Å². The van der Waals surface area contributed by atoms with Gasteiger partial charge in [-0.25, -0.2) is 5.43 Å². The van der Waals surface area contributed by atoms with Gasteiger partial charge < -0.3 is 4.74 Å². The lowest BCUT2D eigenvalue weighted by molar-refractivity contribution is -0.121. The van der Waals surface area contributed by atoms with Crippen LogP contribution in [0.3, 0.4) is 0 Å². The summed E-state index contributed by atoms with van der Waals surface area (Å²) in [5, 5.41) is 4.07. The lowest BCUT2D eigenvalue weighted by Gasteiger charge is -2.05. The number of hydrogen-bond donors (Lipinski definition) is 1. The molecule has 4 nitrogen and oxygen atoms in total. The van der Waals surface area contributed by atoms with Gasteiger partial charge in [-0.15, -0.1) is 0 Å². The molecule has 0 atom stereocenters. The maximum Gasteiger partial charge on any atom is 0.240 e. The summed E-state index contributed by atoms with van der Waals surface area (Å²) < 4.78 is 5.65. The van der Waals surface area contributed by atoms with Crippen molar-refractivity contribution < 1.29 is 9.53 Å². The number of carbonyl (C=O) groups excluding carboxylic acids is 1. The summed E-state index contributed by atoms with van der Waals surface area (Å²) >= 11 is 0. The summed E-state index contributed by atoms with van der Waals surface area (Å²) in [6.07, 6.45) is 24.4. The van der Waals surface area contributed by atoms with Crippen molar-refractivity contribution >= 4 is 12.1 Å². The molecule has 0 aliphatic rings. The van der Waals surface area contributed by atoms with Gasteiger partial charge in [0.15, 0.2) is 0 Å². The second kappa shape index (κ2) is 22.0. The number of hydrogen-bond acceptors (Lipinski definition) is 3. The highest BCUT2D eigenvalue weighted by Crippen LogP contribution is 2.14. The van der Waals surface area contributed by atoms with Crippen LogP contribution >= 0.6 is 0 Å². The summed E-state index contributed by atoms with van der Waals surface area (Å²) in [6.45, 7) is 5.18. The van der Waals surface area contributed by atoms with E-state index in [1.165, 1.54) is 83.5 Å². The van der Waals surface area contributed by atoms with Gasteiger partial charge in [-0.3, -0.25) is 4.79 Å². The van der Waals surface area contributed by atoms with Crippen LogP contribution in [0.15, 0.2) is 29.4 Å². The van der Waals surface area contributed by atoms with E-state index in [4.69, 9.17) is 4.74 Å². The Labute approximate surface area is 204 Å². The third-order valence-corrected chi connectivity index (χ3v) is 6.06. The normalized spacial score (nSPS) is 11.2. The predicted molar refractivity (Wildman–Crippen MR) is 142 cm³/mol. The van der Waals surface area contributed by atoms with Crippen LogP contribution in [0.4, 0.5) is 0 Å². The largest absolute Gasteiger partial charge is 0.494 e. The van der Waals surface area contributed by atoms with Crippen molar-refractivity contribution in [1.29, 1.82) is 0 Å². The third-order valence-electron chi connectivity index (χ3n) is 6.06. The fourth-order valence-electron chi connectivity index (χ4n) is 3.88. The van der Waals surface area contributed by atoms with E-state index in [0.717, 1.165) is 43.6 Å². The van der Waals surface area contributed by atoms with Crippen molar-refractivity contribution in [1.82, 2.24) is 5.43 Å². The first kappa shape index (κ1) is 29.2. The van der Waals surface area contributed by atoms with Gasteiger partial charge in [0, 0.05) is 6.42 Å². The van der Waals surface area contributed by atoms with Crippen LogP contribution in [0, 0.1) is 0 Å². The Kier molecular flexibility index (Phi) is 19.4. The molecular formula is C29H50N2O2. The molecule has 0 spiro atoms. The van der Waals surface area contributed by atoms with Crippen molar-refractivity contribution in [3.63, 3.8) is 0 Å². The first-order chi connectivity index (χ1) is 16.3. The average Bonchev–Trinajstić information content (AvgIpc) is 2.83. The minimum absolute atomic E-state index is 0.000429. The molecule has 0 aliphatic heterocycles. The summed E-state index contributed by atoms with van der Waals surface area (Å²) in [4.78, 5) is 11.9. The quantitative estimate of drug-likeness (QED) is 0.107. The lowest BCUT2D eigenvalue weighted by Crippen LogP contribution is -2.16. The maximum atomic E-state index is 11.9. The number of benzene rings is 1. The predicted octanol–water partition coefficient (Wildman–Crippen LogP) is 8.58. The van der Waals surface area contributed by atoms with Gasteiger partial charge >= 0.3 is 0 Å². The molecule has 33 heavy (non-hydrogen) atoms. The minimum Gasteiger partial charge on any atom is -0.494 e. The fraction of sp³-hybridized carbons (Fsp3) is 0.724. The number of carbonyl (C=O) groups is 1. The highest BCUT2D eigenvalue weighted by molar-refractivity contribution is 5.82. The van der Waals surface area contributed by atoms with Crippen LogP contribution in [0.2, 0.25) is 0 Å². The number of unbranched alkanes of at least 4 members (excludes halogenated alkanes) is 15. The van der Waals surface area contributed by atoms with Gasteiger partial charge in [-0.1, -0.05) is 110 Å². The van der Waals surface area contributed by atoms with Crippen molar-refractivity contribution in [3.05, 3.63) is 29.8 Å². The van der Waals surface area contributed by atoms with E-state index < -0.39 is 0 Å². The molecule has 0 bridgehead atoms. The smallest absolute Gasteiger partial charge is 0.240 e. The molecule has 0 unspecified atom stereocenters. The maximum absolute atomic E-state index is 11.9. The number of nitrogens with one attached hydrogen (secondary N) is 1. The van der Waals surface area contributed by atoms with Gasteiger partial charge in [0.1, 0.15) is 5.75 Å². The number of nitrogens with zero attached hydrogens (tertiary/aromatic N) is 1. The van der Waals surface area contributed by atoms with Crippen LogP contribution < -0.4 is 10.2 Å². The van der Waals surface area contributed by atoms with Crippen LogP contribution in [0.25, 0.3) is 0 Å². The Bertz CT molecular complexity index is 598. The summed E-state index contributed by atoms with van der Waals surface area (Å²) in [7, 11) is 0. The van der Waals surface area contributed by atoms with E-state index in [-0.39, 0.29) is 5.91 Å². The molecule has 1 aromatic carbocycles. The molecule has 0 fully saturated rings. The van der Waals surface area contributed by atoms with Crippen molar-refractivity contribution in [3.8, 4) is 5.75 Å². The van der Waals surface area contributed by atoms with E-state index in [0.29, 0.717) is 6.42 Å². The van der Waals surface area contributed by atoms with Crippen LogP contribution in [0.1, 0.15) is 135 Å². The fourth-order valence-corrected chi connectivity index (χ4v) is 3.88. The van der Waals surface area contributed by atoms with Crippen LogP contribution in [-0.2, 0) is 4.79 Å². The zero-order valence-electron chi connectivity index (χ0n) is 21.6. The second-order valence-electron chi connectivity index (χ2n) is 9.26. The van der Waals surface area contributed by atoms with Gasteiger partial charge in [-0.05, 0) is 42.7 Å².